The highest BCUT2D eigenvalue weighted by Crippen LogP contribution is 2.25. The van der Waals surface area contributed by atoms with Gasteiger partial charge in [-0.1, -0.05) is 6.42 Å². The van der Waals surface area contributed by atoms with Crippen molar-refractivity contribution >= 4 is 0 Å². The largest absolute Gasteiger partial charge is 0.486 e. The molecule has 4 heteroatoms. The van der Waals surface area contributed by atoms with Crippen LogP contribution in [0.3, 0.4) is 0 Å². The topological polar surface area (TPSA) is 35.2 Å². The lowest BCUT2D eigenvalue weighted by molar-refractivity contribution is 0.127. The van der Waals surface area contributed by atoms with Crippen LogP contribution < -0.4 is 10.5 Å². The third-order valence-electron chi connectivity index (χ3n) is 2.93. The first-order valence-corrected chi connectivity index (χ1v) is 5.54. The minimum Gasteiger partial charge on any atom is -0.486 e. The Labute approximate surface area is 93.4 Å². The molecule has 2 nitrogen and oxygen atoms in total. The highest BCUT2D eigenvalue weighted by molar-refractivity contribution is 5.25. The molecule has 88 valence electrons. The third kappa shape index (κ3) is 2.50. The van der Waals surface area contributed by atoms with Crippen molar-refractivity contribution in [3.8, 4) is 5.75 Å². The second-order valence-corrected chi connectivity index (χ2v) is 4.18. The number of hydrogen-bond acceptors (Lipinski definition) is 2. The summed E-state index contributed by atoms with van der Waals surface area (Å²) in [4.78, 5) is 0. The summed E-state index contributed by atoms with van der Waals surface area (Å²) in [5.74, 6) is -1.18. The van der Waals surface area contributed by atoms with Crippen LogP contribution in [0.2, 0.25) is 0 Å². The zero-order chi connectivity index (χ0) is 11.5. The van der Waals surface area contributed by atoms with Gasteiger partial charge in [0.15, 0.2) is 11.6 Å². The lowest BCUT2D eigenvalue weighted by atomic mass is 9.93. The maximum Gasteiger partial charge on any atom is 0.167 e. The molecule has 0 amide bonds. The molecule has 0 aromatic heterocycles. The Hall–Kier alpha value is -1.16. The van der Waals surface area contributed by atoms with Gasteiger partial charge in [-0.2, -0.15) is 0 Å². The fourth-order valence-electron chi connectivity index (χ4n) is 2.01. The highest BCUT2D eigenvalue weighted by Gasteiger charge is 2.24. The summed E-state index contributed by atoms with van der Waals surface area (Å²) in [6.45, 7) is 0. The Kier molecular flexibility index (Phi) is 3.39. The number of rotatable bonds is 2. The predicted molar refractivity (Wildman–Crippen MR) is 57.2 cm³/mol. The van der Waals surface area contributed by atoms with E-state index in [2.05, 4.69) is 0 Å². The number of benzene rings is 1. The van der Waals surface area contributed by atoms with Crippen LogP contribution in [0, 0.1) is 11.6 Å². The highest BCUT2D eigenvalue weighted by atomic mass is 19.1. The summed E-state index contributed by atoms with van der Waals surface area (Å²) >= 11 is 0. The van der Waals surface area contributed by atoms with Crippen LogP contribution in [0.4, 0.5) is 8.78 Å². The van der Waals surface area contributed by atoms with Gasteiger partial charge < -0.3 is 10.5 Å². The molecule has 0 heterocycles. The Morgan fingerprint density at radius 1 is 1.19 bits per heavy atom. The monoisotopic (exact) mass is 227 g/mol. The minimum absolute atomic E-state index is 0.0572. The van der Waals surface area contributed by atoms with E-state index >= 15 is 0 Å². The second kappa shape index (κ2) is 4.78. The van der Waals surface area contributed by atoms with Gasteiger partial charge >= 0.3 is 0 Å². The molecule has 0 radical (unpaired) electrons. The summed E-state index contributed by atoms with van der Waals surface area (Å²) in [6, 6.07) is 3.26. The van der Waals surface area contributed by atoms with Crippen molar-refractivity contribution < 1.29 is 13.5 Å². The SMILES string of the molecule is NC1CCCCC1Oc1ccc(F)cc1F. The molecule has 0 bridgehead atoms. The summed E-state index contributed by atoms with van der Waals surface area (Å²) in [5.41, 5.74) is 5.89. The fourth-order valence-corrected chi connectivity index (χ4v) is 2.01. The second-order valence-electron chi connectivity index (χ2n) is 4.18. The molecule has 2 rings (SSSR count). The predicted octanol–water partition coefficient (Wildman–Crippen LogP) is 2.61. The van der Waals surface area contributed by atoms with Crippen LogP contribution in [0.1, 0.15) is 25.7 Å². The molecule has 1 aromatic carbocycles. The van der Waals surface area contributed by atoms with Crippen LogP contribution in [0.5, 0.6) is 5.75 Å². The molecular formula is C12H15F2NO. The first-order chi connectivity index (χ1) is 7.66. The molecule has 0 aliphatic heterocycles. The fraction of sp³-hybridized carbons (Fsp3) is 0.500. The molecule has 1 fully saturated rings. The molecule has 2 unspecified atom stereocenters. The van der Waals surface area contributed by atoms with Crippen molar-refractivity contribution in [1.82, 2.24) is 0 Å². The molecule has 0 spiro atoms. The molecule has 1 aliphatic carbocycles. The van der Waals surface area contributed by atoms with Crippen molar-refractivity contribution in [1.29, 1.82) is 0 Å². The number of hydrogen-bond donors (Lipinski definition) is 1. The minimum atomic E-state index is -0.669. The van der Waals surface area contributed by atoms with Gasteiger partial charge in [-0.15, -0.1) is 0 Å². The zero-order valence-electron chi connectivity index (χ0n) is 8.96. The average Bonchev–Trinajstić information content (AvgIpc) is 2.25. The van der Waals surface area contributed by atoms with Crippen molar-refractivity contribution in [2.75, 3.05) is 0 Å². The Balaban J connectivity index is 2.07. The number of halogens is 2. The Bertz CT molecular complexity index is 370. The molecular weight excluding hydrogens is 212 g/mol. The molecule has 1 aromatic rings. The molecule has 0 saturated heterocycles. The van der Waals surface area contributed by atoms with E-state index in [4.69, 9.17) is 10.5 Å². The summed E-state index contributed by atoms with van der Waals surface area (Å²) in [7, 11) is 0. The quantitative estimate of drug-likeness (QED) is 0.842. The Morgan fingerprint density at radius 3 is 2.62 bits per heavy atom. The van der Waals surface area contributed by atoms with Gasteiger partial charge in [0.2, 0.25) is 0 Å². The molecule has 2 atom stereocenters. The first kappa shape index (κ1) is 11.3. The van der Waals surface area contributed by atoms with E-state index in [1.807, 2.05) is 0 Å². The maximum absolute atomic E-state index is 13.3. The van der Waals surface area contributed by atoms with E-state index in [-0.39, 0.29) is 17.9 Å². The van der Waals surface area contributed by atoms with Crippen molar-refractivity contribution in [3.63, 3.8) is 0 Å². The number of ether oxygens (including phenoxy) is 1. The van der Waals surface area contributed by atoms with Crippen LogP contribution in [-0.2, 0) is 0 Å². The van der Waals surface area contributed by atoms with Crippen LogP contribution in [0.15, 0.2) is 18.2 Å². The van der Waals surface area contributed by atoms with E-state index in [0.717, 1.165) is 31.7 Å². The van der Waals surface area contributed by atoms with E-state index in [0.29, 0.717) is 0 Å². The van der Waals surface area contributed by atoms with E-state index < -0.39 is 11.6 Å². The summed E-state index contributed by atoms with van der Waals surface area (Å²) in [6.07, 6.45) is 3.70. The van der Waals surface area contributed by atoms with Gasteiger partial charge in [0.25, 0.3) is 0 Å². The van der Waals surface area contributed by atoms with E-state index in [1.165, 1.54) is 12.1 Å². The molecule has 16 heavy (non-hydrogen) atoms. The lowest BCUT2D eigenvalue weighted by Crippen LogP contribution is -2.41. The summed E-state index contributed by atoms with van der Waals surface area (Å²) in [5, 5.41) is 0. The van der Waals surface area contributed by atoms with Gasteiger partial charge in [0.1, 0.15) is 11.9 Å². The smallest absolute Gasteiger partial charge is 0.167 e. The van der Waals surface area contributed by atoms with E-state index in [9.17, 15) is 8.78 Å². The van der Waals surface area contributed by atoms with Crippen molar-refractivity contribution in [2.45, 2.75) is 37.8 Å². The lowest BCUT2D eigenvalue weighted by Gasteiger charge is -2.29. The van der Waals surface area contributed by atoms with Gasteiger partial charge in [0, 0.05) is 12.1 Å². The molecule has 2 N–H and O–H groups in total. The summed E-state index contributed by atoms with van der Waals surface area (Å²) < 4.78 is 31.5. The van der Waals surface area contributed by atoms with Crippen LogP contribution >= 0.6 is 0 Å². The molecule has 1 saturated carbocycles. The van der Waals surface area contributed by atoms with Gasteiger partial charge in [-0.25, -0.2) is 8.78 Å². The first-order valence-electron chi connectivity index (χ1n) is 5.54. The van der Waals surface area contributed by atoms with Crippen LogP contribution in [-0.4, -0.2) is 12.1 Å². The van der Waals surface area contributed by atoms with Gasteiger partial charge in [0.05, 0.1) is 0 Å². The number of nitrogens with two attached hydrogens (primary N) is 1. The Morgan fingerprint density at radius 2 is 1.94 bits per heavy atom. The standard InChI is InChI=1S/C12H15F2NO/c13-8-5-6-11(9(14)7-8)16-12-4-2-1-3-10(12)15/h5-7,10,12H,1-4,15H2. The van der Waals surface area contributed by atoms with Gasteiger partial charge in [-0.3, -0.25) is 0 Å². The van der Waals surface area contributed by atoms with Crippen LogP contribution in [0.25, 0.3) is 0 Å². The third-order valence-corrected chi connectivity index (χ3v) is 2.93. The normalized spacial score (nSPS) is 25.4. The average molecular weight is 227 g/mol. The van der Waals surface area contributed by atoms with Crippen molar-refractivity contribution in [2.24, 2.45) is 5.73 Å². The van der Waals surface area contributed by atoms with E-state index in [1.54, 1.807) is 0 Å². The van der Waals surface area contributed by atoms with Gasteiger partial charge in [-0.05, 0) is 31.4 Å². The van der Waals surface area contributed by atoms with Crippen molar-refractivity contribution in [3.05, 3.63) is 29.8 Å². The molecule has 1 aliphatic rings. The zero-order valence-corrected chi connectivity index (χ0v) is 8.96. The maximum atomic E-state index is 13.3.